The summed E-state index contributed by atoms with van der Waals surface area (Å²) >= 11 is 1.46. The highest BCUT2D eigenvalue weighted by molar-refractivity contribution is 7.16. The molecule has 0 aliphatic heterocycles. The predicted molar refractivity (Wildman–Crippen MR) is 112 cm³/mol. The number of allylic oxidation sites excluding steroid dienone is 1. The lowest BCUT2D eigenvalue weighted by molar-refractivity contribution is 0.750. The SMILES string of the molecule is CN=C/C(=C\N)c1cnc2ccc(Cc3nnc4sc(C(C)N)nn34)cc2c1. The summed E-state index contributed by atoms with van der Waals surface area (Å²) in [4.78, 5) is 9.32. The van der Waals surface area contributed by atoms with Gasteiger partial charge in [-0.1, -0.05) is 17.4 Å². The predicted octanol–water partition coefficient (Wildman–Crippen LogP) is 2.34. The zero-order chi connectivity index (χ0) is 19.7. The van der Waals surface area contributed by atoms with E-state index in [1.165, 1.54) is 17.5 Å². The quantitative estimate of drug-likeness (QED) is 0.503. The average Bonchev–Trinajstić information content (AvgIpc) is 3.28. The van der Waals surface area contributed by atoms with Crippen LogP contribution in [0.15, 0.2) is 41.7 Å². The molecule has 142 valence electrons. The molecule has 0 aliphatic rings. The molecule has 3 heterocycles. The number of nitrogens with two attached hydrogens (primary N) is 2. The second kappa shape index (κ2) is 7.45. The summed E-state index contributed by atoms with van der Waals surface area (Å²) in [6.07, 6.45) is 5.66. The number of aromatic nitrogens is 5. The van der Waals surface area contributed by atoms with Crippen LogP contribution < -0.4 is 11.5 Å². The zero-order valence-corrected chi connectivity index (χ0v) is 16.4. The molecule has 28 heavy (non-hydrogen) atoms. The maximum Gasteiger partial charge on any atom is 0.234 e. The highest BCUT2D eigenvalue weighted by atomic mass is 32.1. The largest absolute Gasteiger partial charge is 0.404 e. The van der Waals surface area contributed by atoms with Crippen molar-refractivity contribution in [2.45, 2.75) is 19.4 Å². The van der Waals surface area contributed by atoms with E-state index in [0.29, 0.717) is 6.42 Å². The Bertz CT molecular complexity index is 1200. The number of aliphatic imine (C=N–C) groups is 1. The van der Waals surface area contributed by atoms with Crippen molar-refractivity contribution in [1.82, 2.24) is 24.8 Å². The van der Waals surface area contributed by atoms with Crippen molar-refractivity contribution < 1.29 is 0 Å². The number of hydrogen-bond donors (Lipinski definition) is 2. The number of fused-ring (bicyclic) bond motifs is 2. The van der Waals surface area contributed by atoms with Gasteiger partial charge in [0.2, 0.25) is 4.96 Å². The van der Waals surface area contributed by atoms with Crippen molar-refractivity contribution in [3.05, 3.63) is 58.6 Å². The second-order valence-electron chi connectivity index (χ2n) is 6.48. The summed E-state index contributed by atoms with van der Waals surface area (Å²) in [5.74, 6) is 0.780. The number of hydrogen-bond acceptors (Lipinski definition) is 8. The Morgan fingerprint density at radius 1 is 1.32 bits per heavy atom. The summed E-state index contributed by atoms with van der Waals surface area (Å²) in [6.45, 7) is 1.91. The van der Waals surface area contributed by atoms with E-state index >= 15 is 0 Å². The van der Waals surface area contributed by atoms with Crippen LogP contribution in [0, 0.1) is 0 Å². The van der Waals surface area contributed by atoms with Crippen LogP contribution in [0.1, 0.15) is 34.9 Å². The number of benzene rings is 1. The van der Waals surface area contributed by atoms with Gasteiger partial charge < -0.3 is 11.5 Å². The fourth-order valence-electron chi connectivity index (χ4n) is 2.95. The van der Waals surface area contributed by atoms with E-state index in [1.807, 2.05) is 19.1 Å². The first-order valence-electron chi connectivity index (χ1n) is 8.78. The third-order valence-electron chi connectivity index (χ3n) is 4.35. The molecule has 1 atom stereocenters. The highest BCUT2D eigenvalue weighted by Crippen LogP contribution is 2.22. The van der Waals surface area contributed by atoms with Crippen LogP contribution in [-0.2, 0) is 6.42 Å². The van der Waals surface area contributed by atoms with Crippen molar-refractivity contribution in [2.24, 2.45) is 16.5 Å². The van der Waals surface area contributed by atoms with Gasteiger partial charge in [-0.2, -0.15) is 9.61 Å². The van der Waals surface area contributed by atoms with Gasteiger partial charge in [-0.05, 0) is 30.7 Å². The van der Waals surface area contributed by atoms with Crippen molar-refractivity contribution in [3.8, 4) is 0 Å². The third kappa shape index (κ3) is 3.37. The van der Waals surface area contributed by atoms with Gasteiger partial charge in [-0.15, -0.1) is 10.2 Å². The van der Waals surface area contributed by atoms with Crippen molar-refractivity contribution in [3.63, 3.8) is 0 Å². The fraction of sp³-hybridized carbons (Fsp3) is 0.211. The van der Waals surface area contributed by atoms with Crippen LogP contribution in [0.25, 0.3) is 21.4 Å². The zero-order valence-electron chi connectivity index (χ0n) is 15.6. The first-order chi connectivity index (χ1) is 13.6. The molecule has 4 rings (SSSR count). The van der Waals surface area contributed by atoms with Gasteiger partial charge in [0.1, 0.15) is 5.01 Å². The Morgan fingerprint density at radius 2 is 2.18 bits per heavy atom. The van der Waals surface area contributed by atoms with E-state index in [0.717, 1.165) is 43.4 Å². The molecule has 0 fully saturated rings. The molecule has 0 saturated carbocycles. The van der Waals surface area contributed by atoms with E-state index in [4.69, 9.17) is 11.5 Å². The molecular formula is C19H20N8S. The molecular weight excluding hydrogens is 372 g/mol. The number of pyridine rings is 1. The Hall–Kier alpha value is -3.17. The van der Waals surface area contributed by atoms with Gasteiger partial charge in [0.15, 0.2) is 5.82 Å². The lowest BCUT2D eigenvalue weighted by Crippen LogP contribution is -2.06. The normalized spacial score (nSPS) is 13.8. The van der Waals surface area contributed by atoms with Crippen LogP contribution >= 0.6 is 11.3 Å². The molecule has 1 aromatic carbocycles. The molecule has 0 bridgehead atoms. The van der Waals surface area contributed by atoms with Crippen LogP contribution in [0.3, 0.4) is 0 Å². The highest BCUT2D eigenvalue weighted by Gasteiger charge is 2.14. The minimum atomic E-state index is -0.124. The van der Waals surface area contributed by atoms with Gasteiger partial charge in [0.05, 0.1) is 11.6 Å². The summed E-state index contributed by atoms with van der Waals surface area (Å²) in [7, 11) is 1.71. The molecule has 9 heteroatoms. The lowest BCUT2D eigenvalue weighted by Gasteiger charge is -2.06. The van der Waals surface area contributed by atoms with Crippen LogP contribution in [0.4, 0.5) is 0 Å². The van der Waals surface area contributed by atoms with E-state index in [1.54, 1.807) is 24.0 Å². The van der Waals surface area contributed by atoms with Crippen LogP contribution in [-0.4, -0.2) is 38.1 Å². The molecule has 0 radical (unpaired) electrons. The maximum absolute atomic E-state index is 5.93. The average molecular weight is 392 g/mol. The summed E-state index contributed by atoms with van der Waals surface area (Å²) < 4.78 is 1.77. The Balaban J connectivity index is 1.69. The smallest absolute Gasteiger partial charge is 0.234 e. The Kier molecular flexibility index (Phi) is 4.84. The summed E-state index contributed by atoms with van der Waals surface area (Å²) in [6, 6.07) is 8.08. The molecule has 1 unspecified atom stereocenters. The first-order valence-corrected chi connectivity index (χ1v) is 9.60. The summed E-state index contributed by atoms with van der Waals surface area (Å²) in [5, 5.41) is 14.9. The molecule has 8 nitrogen and oxygen atoms in total. The molecule has 4 N–H and O–H groups in total. The van der Waals surface area contributed by atoms with Gasteiger partial charge in [-0.3, -0.25) is 9.98 Å². The maximum atomic E-state index is 5.93. The molecule has 3 aromatic heterocycles. The monoisotopic (exact) mass is 392 g/mol. The van der Waals surface area contributed by atoms with Crippen molar-refractivity contribution >= 4 is 39.0 Å². The van der Waals surface area contributed by atoms with Gasteiger partial charge in [0.25, 0.3) is 0 Å². The topological polar surface area (TPSA) is 120 Å². The molecule has 4 aromatic rings. The lowest BCUT2D eigenvalue weighted by atomic mass is 10.0. The van der Waals surface area contributed by atoms with Crippen molar-refractivity contribution in [2.75, 3.05) is 7.05 Å². The molecule has 0 aliphatic carbocycles. The van der Waals surface area contributed by atoms with E-state index in [2.05, 4.69) is 37.4 Å². The van der Waals surface area contributed by atoms with E-state index < -0.39 is 0 Å². The first kappa shape index (κ1) is 18.2. The molecule has 0 saturated heterocycles. The minimum Gasteiger partial charge on any atom is -0.404 e. The number of nitrogens with zero attached hydrogens (tertiary/aromatic N) is 6. The standard InChI is InChI=1S/C19H20N8S/c1-11(21)18-26-27-17(24-25-19(27)28-18)6-12-3-4-16-13(5-12)7-14(10-23-16)15(8-20)9-22-2/h3-5,7-11H,6,20-21H2,1-2H3/b15-8+,22-9?. The minimum absolute atomic E-state index is 0.124. The van der Waals surface area contributed by atoms with Gasteiger partial charge in [-0.25, -0.2) is 0 Å². The second-order valence-corrected chi connectivity index (χ2v) is 7.46. The van der Waals surface area contributed by atoms with E-state index in [-0.39, 0.29) is 6.04 Å². The van der Waals surface area contributed by atoms with E-state index in [9.17, 15) is 0 Å². The van der Waals surface area contributed by atoms with Crippen LogP contribution in [0.2, 0.25) is 0 Å². The van der Waals surface area contributed by atoms with Gasteiger partial charge in [0, 0.05) is 48.6 Å². The Morgan fingerprint density at radius 3 is 2.93 bits per heavy atom. The molecule has 0 amide bonds. The van der Waals surface area contributed by atoms with Crippen LogP contribution in [0.5, 0.6) is 0 Å². The number of rotatable bonds is 5. The fourth-order valence-corrected chi connectivity index (χ4v) is 3.76. The third-order valence-corrected chi connectivity index (χ3v) is 5.45. The Labute approximate surface area is 165 Å². The van der Waals surface area contributed by atoms with Crippen molar-refractivity contribution in [1.29, 1.82) is 0 Å². The molecule has 0 spiro atoms. The van der Waals surface area contributed by atoms with Gasteiger partial charge >= 0.3 is 0 Å². The summed E-state index contributed by atoms with van der Waals surface area (Å²) in [5.41, 5.74) is 15.4.